The average molecular weight is 388 g/mol. The quantitative estimate of drug-likeness (QED) is 0.630. The number of fused-ring (bicyclic) bond motifs is 1. The topological polar surface area (TPSA) is 89.1 Å². The molecule has 3 heterocycles. The lowest BCUT2D eigenvalue weighted by atomic mass is 10.1. The second kappa shape index (κ2) is 7.38. The van der Waals surface area contributed by atoms with Gasteiger partial charge in [-0.15, -0.1) is 16.4 Å². The maximum atomic E-state index is 12.2. The van der Waals surface area contributed by atoms with E-state index in [1.165, 1.54) is 11.8 Å². The summed E-state index contributed by atoms with van der Waals surface area (Å²) in [5, 5.41) is 12.5. The zero-order chi connectivity index (χ0) is 17.9. The predicted octanol–water partition coefficient (Wildman–Crippen LogP) is 3.23. The Hall–Kier alpha value is -2.52. The molecule has 9 heteroatoms. The molecule has 1 aliphatic rings. The van der Waals surface area contributed by atoms with Crippen LogP contribution in [0.1, 0.15) is 18.5 Å². The highest BCUT2D eigenvalue weighted by Gasteiger charge is 2.17. The van der Waals surface area contributed by atoms with Crippen molar-refractivity contribution in [3.63, 3.8) is 0 Å². The summed E-state index contributed by atoms with van der Waals surface area (Å²) < 4.78 is 10.7. The highest BCUT2D eigenvalue weighted by molar-refractivity contribution is 7.99. The minimum Gasteiger partial charge on any atom is -0.454 e. The summed E-state index contributed by atoms with van der Waals surface area (Å²) >= 11 is 2.89. The van der Waals surface area contributed by atoms with Crippen molar-refractivity contribution in [2.45, 2.75) is 18.1 Å². The first-order chi connectivity index (χ1) is 12.7. The Kier molecular flexibility index (Phi) is 4.81. The maximum Gasteiger partial charge on any atom is 0.231 e. The van der Waals surface area contributed by atoms with Gasteiger partial charge in [-0.05, 0) is 36.1 Å². The molecule has 0 spiro atoms. The first-order valence-corrected chi connectivity index (χ1v) is 9.83. The number of amides is 1. The van der Waals surface area contributed by atoms with Crippen molar-refractivity contribution >= 4 is 29.0 Å². The third-order valence-corrected chi connectivity index (χ3v) is 5.55. The maximum absolute atomic E-state index is 12.2. The summed E-state index contributed by atoms with van der Waals surface area (Å²) in [5.74, 6) is 2.32. The fraction of sp³-hybridized carbons (Fsp3) is 0.235. The standard InChI is InChI=1S/C17H16N4O3S2/c1-10(11-4-5-12-13(7-11)24-9-23-12)18-15(22)8-26-17-19-16(20-21-17)14-3-2-6-25-14/h2-7,10H,8-9H2,1H3,(H,18,22)(H,19,20,21). The number of H-pyrrole nitrogens is 1. The largest absolute Gasteiger partial charge is 0.454 e. The van der Waals surface area contributed by atoms with E-state index in [2.05, 4.69) is 20.5 Å². The van der Waals surface area contributed by atoms with Crippen molar-refractivity contribution in [2.24, 2.45) is 0 Å². The number of aromatic nitrogens is 3. The summed E-state index contributed by atoms with van der Waals surface area (Å²) in [7, 11) is 0. The molecule has 0 fully saturated rings. The fourth-order valence-corrected chi connectivity index (χ4v) is 3.79. The van der Waals surface area contributed by atoms with Gasteiger partial charge in [-0.1, -0.05) is 23.9 Å². The molecule has 4 rings (SSSR count). The molecule has 0 radical (unpaired) electrons. The van der Waals surface area contributed by atoms with Crippen LogP contribution >= 0.6 is 23.1 Å². The van der Waals surface area contributed by atoms with Crippen LogP contribution in [0.5, 0.6) is 11.5 Å². The van der Waals surface area contributed by atoms with E-state index in [4.69, 9.17) is 9.47 Å². The summed E-state index contributed by atoms with van der Waals surface area (Å²) in [6, 6.07) is 9.47. The predicted molar refractivity (Wildman–Crippen MR) is 99.5 cm³/mol. The van der Waals surface area contributed by atoms with Gasteiger partial charge in [-0.3, -0.25) is 9.89 Å². The summed E-state index contributed by atoms with van der Waals surface area (Å²) in [6.45, 7) is 2.17. The third kappa shape index (κ3) is 3.68. The molecule has 7 nitrogen and oxygen atoms in total. The summed E-state index contributed by atoms with van der Waals surface area (Å²) in [5.41, 5.74) is 0.963. The van der Waals surface area contributed by atoms with Crippen LogP contribution in [0.3, 0.4) is 0 Å². The van der Waals surface area contributed by atoms with E-state index in [0.717, 1.165) is 22.0 Å². The molecule has 2 N–H and O–H groups in total. The fourth-order valence-electron chi connectivity index (χ4n) is 2.51. The number of rotatable bonds is 6. The van der Waals surface area contributed by atoms with Crippen LogP contribution in [0.25, 0.3) is 10.7 Å². The van der Waals surface area contributed by atoms with Crippen LogP contribution < -0.4 is 14.8 Å². The van der Waals surface area contributed by atoms with Crippen molar-refractivity contribution in [2.75, 3.05) is 12.5 Å². The molecule has 1 unspecified atom stereocenters. The number of carbonyl (C=O) groups is 1. The zero-order valence-electron chi connectivity index (χ0n) is 13.9. The van der Waals surface area contributed by atoms with Crippen LogP contribution in [0.4, 0.5) is 0 Å². The number of benzene rings is 1. The summed E-state index contributed by atoms with van der Waals surface area (Å²) in [6.07, 6.45) is 0. The Morgan fingerprint density at radius 1 is 1.38 bits per heavy atom. The average Bonchev–Trinajstić information content (AvgIpc) is 3.40. The third-order valence-electron chi connectivity index (χ3n) is 3.83. The second-order valence-corrected chi connectivity index (χ2v) is 7.52. The van der Waals surface area contributed by atoms with Gasteiger partial charge in [0.15, 0.2) is 17.3 Å². The van der Waals surface area contributed by atoms with Crippen molar-refractivity contribution < 1.29 is 14.3 Å². The minimum atomic E-state index is -0.133. The molecule has 1 aliphatic heterocycles. The lowest BCUT2D eigenvalue weighted by Gasteiger charge is -2.14. The van der Waals surface area contributed by atoms with Gasteiger partial charge in [0.05, 0.1) is 16.7 Å². The van der Waals surface area contributed by atoms with Gasteiger partial charge >= 0.3 is 0 Å². The Morgan fingerprint density at radius 2 is 2.27 bits per heavy atom. The molecule has 0 aliphatic carbocycles. The molecule has 26 heavy (non-hydrogen) atoms. The molecule has 0 bridgehead atoms. The number of nitrogens with zero attached hydrogens (tertiary/aromatic N) is 2. The smallest absolute Gasteiger partial charge is 0.231 e. The second-order valence-electron chi connectivity index (χ2n) is 5.63. The number of hydrogen-bond donors (Lipinski definition) is 2. The van der Waals surface area contributed by atoms with E-state index >= 15 is 0 Å². The number of nitrogens with one attached hydrogen (secondary N) is 2. The van der Waals surface area contributed by atoms with Crippen molar-refractivity contribution in [1.82, 2.24) is 20.5 Å². The number of hydrogen-bond acceptors (Lipinski definition) is 7. The Balaban J connectivity index is 1.31. The molecule has 1 atom stereocenters. The van der Waals surface area contributed by atoms with Gasteiger partial charge in [0.1, 0.15) is 0 Å². The number of aromatic amines is 1. The van der Waals surface area contributed by atoms with Gasteiger partial charge in [0, 0.05) is 0 Å². The molecule has 134 valence electrons. The monoisotopic (exact) mass is 388 g/mol. The van der Waals surface area contributed by atoms with Crippen LogP contribution in [-0.2, 0) is 4.79 Å². The Labute approximate surface area is 158 Å². The molecule has 1 aromatic carbocycles. The molecule has 3 aromatic rings. The summed E-state index contributed by atoms with van der Waals surface area (Å²) in [4.78, 5) is 17.6. The zero-order valence-corrected chi connectivity index (χ0v) is 15.5. The van der Waals surface area contributed by atoms with E-state index in [0.29, 0.717) is 10.9 Å². The minimum absolute atomic E-state index is 0.0809. The van der Waals surface area contributed by atoms with Crippen LogP contribution in [0.15, 0.2) is 40.9 Å². The van der Waals surface area contributed by atoms with Gasteiger partial charge in [-0.25, -0.2) is 4.98 Å². The molecule has 2 aromatic heterocycles. The van der Waals surface area contributed by atoms with Gasteiger partial charge < -0.3 is 14.8 Å². The normalized spacial score (nSPS) is 13.6. The lowest BCUT2D eigenvalue weighted by Crippen LogP contribution is -2.28. The first kappa shape index (κ1) is 16.9. The van der Waals surface area contributed by atoms with Crippen LogP contribution in [-0.4, -0.2) is 33.6 Å². The van der Waals surface area contributed by atoms with Crippen molar-refractivity contribution in [1.29, 1.82) is 0 Å². The van der Waals surface area contributed by atoms with E-state index in [1.807, 2.05) is 42.6 Å². The van der Waals surface area contributed by atoms with Gasteiger partial charge in [0.25, 0.3) is 0 Å². The number of thioether (sulfide) groups is 1. The van der Waals surface area contributed by atoms with Crippen molar-refractivity contribution in [3.05, 3.63) is 41.3 Å². The van der Waals surface area contributed by atoms with Crippen LogP contribution in [0, 0.1) is 0 Å². The van der Waals surface area contributed by atoms with E-state index in [-0.39, 0.29) is 24.5 Å². The van der Waals surface area contributed by atoms with Crippen molar-refractivity contribution in [3.8, 4) is 22.2 Å². The number of carbonyl (C=O) groups excluding carboxylic acids is 1. The molecular formula is C17H16N4O3S2. The van der Waals surface area contributed by atoms with E-state index in [9.17, 15) is 4.79 Å². The van der Waals surface area contributed by atoms with E-state index < -0.39 is 0 Å². The molecule has 0 saturated carbocycles. The first-order valence-electron chi connectivity index (χ1n) is 7.97. The highest BCUT2D eigenvalue weighted by atomic mass is 32.2. The lowest BCUT2D eigenvalue weighted by molar-refractivity contribution is -0.119. The Bertz CT molecular complexity index is 911. The highest BCUT2D eigenvalue weighted by Crippen LogP contribution is 2.34. The molecular weight excluding hydrogens is 372 g/mol. The van der Waals surface area contributed by atoms with E-state index in [1.54, 1.807) is 11.3 Å². The Morgan fingerprint density at radius 3 is 3.12 bits per heavy atom. The number of thiophene rings is 1. The van der Waals surface area contributed by atoms with Crippen LogP contribution in [0.2, 0.25) is 0 Å². The van der Waals surface area contributed by atoms with Gasteiger partial charge in [-0.2, -0.15) is 0 Å². The SMILES string of the molecule is CC(NC(=O)CSc1n[nH]c(-c2cccs2)n1)c1ccc2c(c1)OCO2. The number of ether oxygens (including phenoxy) is 2. The molecule has 1 amide bonds. The molecule has 0 saturated heterocycles. The van der Waals surface area contributed by atoms with Gasteiger partial charge in [0.2, 0.25) is 17.9 Å².